The predicted molar refractivity (Wildman–Crippen MR) is 76.5 cm³/mol. The number of anilines is 1. The van der Waals surface area contributed by atoms with E-state index in [0.29, 0.717) is 0 Å². The molecular weight excluding hydrogens is 307 g/mol. The van der Waals surface area contributed by atoms with Crippen LogP contribution in [0.1, 0.15) is 12.5 Å². The molecule has 0 spiro atoms. The zero-order chi connectivity index (χ0) is 16.8. The Morgan fingerprint density at radius 3 is 3.04 bits per heavy atom. The van der Waals surface area contributed by atoms with Gasteiger partial charge in [-0.3, -0.25) is 9.78 Å². The van der Waals surface area contributed by atoms with E-state index in [4.69, 9.17) is 5.73 Å². The molecule has 0 bridgehead atoms. The van der Waals surface area contributed by atoms with E-state index < -0.39 is 29.7 Å². The molecule has 9 nitrogen and oxygen atoms in total. The van der Waals surface area contributed by atoms with Gasteiger partial charge in [-0.25, -0.2) is 9.37 Å². The summed E-state index contributed by atoms with van der Waals surface area (Å²) in [7, 11) is 0. The van der Waals surface area contributed by atoms with Crippen LogP contribution in [-0.2, 0) is 0 Å². The molecule has 0 amide bonds. The van der Waals surface area contributed by atoms with Crippen LogP contribution in [0.15, 0.2) is 23.0 Å². The lowest BCUT2D eigenvalue weighted by Gasteiger charge is -2.24. The van der Waals surface area contributed by atoms with Crippen molar-refractivity contribution in [1.82, 2.24) is 19.5 Å². The number of fused-ring (bicyclic) bond motifs is 1. The first-order chi connectivity index (χ1) is 11.0. The van der Waals surface area contributed by atoms with E-state index in [0.717, 1.165) is 0 Å². The molecule has 2 heterocycles. The average Bonchev–Trinajstić information content (AvgIpc) is 3.05. The summed E-state index contributed by atoms with van der Waals surface area (Å²) in [6.07, 6.45) is 0.145. The number of halogens is 1. The molecule has 0 aromatic carbocycles. The number of aromatic amines is 1. The Kier molecular flexibility index (Phi) is 3.39. The lowest BCUT2D eigenvalue weighted by molar-refractivity contribution is 0.0616. The monoisotopic (exact) mass is 320 g/mol. The molecule has 2 aromatic rings. The Labute approximate surface area is 128 Å². The second kappa shape index (κ2) is 5.15. The number of rotatable bonds is 2. The van der Waals surface area contributed by atoms with E-state index >= 15 is 0 Å². The third-order valence-corrected chi connectivity index (χ3v) is 4.24. The molecule has 5 N–H and O–H groups in total. The molecule has 1 aliphatic rings. The van der Waals surface area contributed by atoms with Crippen molar-refractivity contribution in [3.8, 4) is 6.07 Å². The number of nitrogens with two attached hydrogens (primary N) is 1. The van der Waals surface area contributed by atoms with Gasteiger partial charge in [0, 0.05) is 12.0 Å². The fraction of sp³-hybridized carbons (Fsp3) is 0.385. The van der Waals surface area contributed by atoms with Crippen molar-refractivity contribution in [1.29, 1.82) is 5.26 Å². The summed E-state index contributed by atoms with van der Waals surface area (Å²) in [5.41, 5.74) is 3.22. The number of aliphatic hydroxyl groups excluding tert-OH is 2. The highest BCUT2D eigenvalue weighted by atomic mass is 19.1. The molecule has 1 fully saturated rings. The van der Waals surface area contributed by atoms with Crippen molar-refractivity contribution in [2.24, 2.45) is 5.41 Å². The third kappa shape index (κ3) is 1.94. The zero-order valence-corrected chi connectivity index (χ0v) is 11.8. The van der Waals surface area contributed by atoms with Crippen LogP contribution in [0.2, 0.25) is 0 Å². The van der Waals surface area contributed by atoms with Crippen LogP contribution >= 0.6 is 0 Å². The van der Waals surface area contributed by atoms with Crippen LogP contribution in [0.25, 0.3) is 11.2 Å². The van der Waals surface area contributed by atoms with E-state index in [1.807, 2.05) is 0 Å². The fourth-order valence-electron chi connectivity index (χ4n) is 3.01. The number of nitriles is 1. The predicted octanol–water partition coefficient (Wildman–Crippen LogP) is -0.637. The Morgan fingerprint density at radius 1 is 1.70 bits per heavy atom. The van der Waals surface area contributed by atoms with Crippen LogP contribution in [0, 0.1) is 16.7 Å². The van der Waals surface area contributed by atoms with Gasteiger partial charge in [-0.2, -0.15) is 10.2 Å². The standard InChI is InChI=1S/C13H13FN6O3/c14-2-6-7(1-8(22)13(6,3-15)4-21)20-5-17-9-10(20)18-12(16)19-11(9)23/h2,5,7-8,21-22H,1,4H2,(H3,16,18,19,23)/b6-2-/t7-,8?,13-/m0/s1. The number of aliphatic hydroxyl groups is 2. The van der Waals surface area contributed by atoms with Crippen LogP contribution < -0.4 is 11.3 Å². The van der Waals surface area contributed by atoms with E-state index in [1.165, 1.54) is 10.9 Å². The summed E-state index contributed by atoms with van der Waals surface area (Å²) in [5, 5.41) is 29.0. The number of nitrogen functional groups attached to an aromatic ring is 1. The van der Waals surface area contributed by atoms with Crippen molar-refractivity contribution in [2.75, 3.05) is 12.3 Å². The molecule has 0 aliphatic heterocycles. The summed E-state index contributed by atoms with van der Waals surface area (Å²) in [4.78, 5) is 22.0. The fourth-order valence-corrected chi connectivity index (χ4v) is 3.01. The van der Waals surface area contributed by atoms with Gasteiger partial charge in [-0.05, 0) is 0 Å². The van der Waals surface area contributed by atoms with Crippen LogP contribution in [0.5, 0.6) is 0 Å². The summed E-state index contributed by atoms with van der Waals surface area (Å²) in [6.45, 7) is -0.736. The quantitative estimate of drug-likeness (QED) is 0.574. The molecule has 1 aliphatic carbocycles. The molecule has 3 rings (SSSR count). The summed E-state index contributed by atoms with van der Waals surface area (Å²) in [5.74, 6) is -0.137. The smallest absolute Gasteiger partial charge is 0.280 e. The van der Waals surface area contributed by atoms with Crippen LogP contribution in [0.3, 0.4) is 0 Å². The second-order valence-electron chi connectivity index (χ2n) is 5.35. The molecule has 120 valence electrons. The number of H-pyrrole nitrogens is 1. The van der Waals surface area contributed by atoms with Crippen molar-refractivity contribution in [3.63, 3.8) is 0 Å². The number of imidazole rings is 1. The van der Waals surface area contributed by atoms with Crippen LogP contribution in [-0.4, -0.2) is 42.4 Å². The minimum absolute atomic E-state index is 0.00496. The van der Waals surface area contributed by atoms with Gasteiger partial charge >= 0.3 is 0 Å². The Hall–Kier alpha value is -2.77. The lowest BCUT2D eigenvalue weighted by atomic mass is 9.83. The summed E-state index contributed by atoms with van der Waals surface area (Å²) < 4.78 is 14.8. The SMILES string of the molecule is N#C[C@]1(CO)/C(=C\F)[C@@H](n2cnc3c(=O)[nH]c(N)nc32)CC1O. The Balaban J connectivity index is 2.21. The topological polar surface area (TPSA) is 154 Å². The first-order valence-electron chi connectivity index (χ1n) is 6.71. The van der Waals surface area contributed by atoms with E-state index in [9.17, 15) is 24.7 Å². The third-order valence-electron chi connectivity index (χ3n) is 4.24. The lowest BCUT2D eigenvalue weighted by Crippen LogP contribution is -2.33. The first kappa shape index (κ1) is 15.1. The van der Waals surface area contributed by atoms with Crippen LogP contribution in [0.4, 0.5) is 10.3 Å². The largest absolute Gasteiger partial charge is 0.394 e. The van der Waals surface area contributed by atoms with Gasteiger partial charge in [0.25, 0.3) is 5.56 Å². The molecule has 1 unspecified atom stereocenters. The maximum Gasteiger partial charge on any atom is 0.280 e. The van der Waals surface area contributed by atoms with Crippen molar-refractivity contribution in [2.45, 2.75) is 18.6 Å². The number of nitrogens with zero attached hydrogens (tertiary/aromatic N) is 4. The first-order valence-corrected chi connectivity index (χ1v) is 6.71. The molecule has 0 saturated heterocycles. The van der Waals surface area contributed by atoms with Gasteiger partial charge in [-0.1, -0.05) is 0 Å². The molecule has 23 heavy (non-hydrogen) atoms. The van der Waals surface area contributed by atoms with E-state index in [1.54, 1.807) is 6.07 Å². The van der Waals surface area contributed by atoms with Gasteiger partial charge in [0.2, 0.25) is 5.95 Å². The highest BCUT2D eigenvalue weighted by molar-refractivity contribution is 5.71. The van der Waals surface area contributed by atoms with Crippen molar-refractivity contribution < 1.29 is 14.6 Å². The van der Waals surface area contributed by atoms with Gasteiger partial charge in [-0.15, -0.1) is 0 Å². The van der Waals surface area contributed by atoms with E-state index in [-0.39, 0.29) is 35.4 Å². The minimum atomic E-state index is -1.75. The summed E-state index contributed by atoms with van der Waals surface area (Å²) >= 11 is 0. The van der Waals surface area contributed by atoms with Crippen molar-refractivity contribution >= 4 is 17.1 Å². The molecule has 0 radical (unpaired) electrons. The maximum atomic E-state index is 13.5. The van der Waals surface area contributed by atoms with Gasteiger partial charge in [0.1, 0.15) is 5.41 Å². The second-order valence-corrected chi connectivity index (χ2v) is 5.35. The molecule has 3 atom stereocenters. The number of aromatic nitrogens is 4. The highest BCUT2D eigenvalue weighted by Gasteiger charge is 2.52. The zero-order valence-electron chi connectivity index (χ0n) is 11.8. The number of hydrogen-bond donors (Lipinski definition) is 4. The Bertz CT molecular complexity index is 897. The molecule has 1 saturated carbocycles. The Morgan fingerprint density at radius 2 is 2.43 bits per heavy atom. The van der Waals surface area contributed by atoms with Gasteiger partial charge in [0.15, 0.2) is 11.2 Å². The normalized spacial score (nSPS) is 29.2. The maximum absolute atomic E-state index is 13.5. The van der Waals surface area contributed by atoms with E-state index in [2.05, 4.69) is 15.0 Å². The highest BCUT2D eigenvalue weighted by Crippen LogP contribution is 2.49. The van der Waals surface area contributed by atoms with Gasteiger partial charge in [0.05, 0.1) is 37.5 Å². The minimum Gasteiger partial charge on any atom is -0.394 e. The van der Waals surface area contributed by atoms with Gasteiger partial charge < -0.3 is 20.5 Å². The molecular formula is C13H13FN6O3. The number of hydrogen-bond acceptors (Lipinski definition) is 7. The summed E-state index contributed by atoms with van der Waals surface area (Å²) in [6, 6.07) is 0.967. The van der Waals surface area contributed by atoms with Crippen molar-refractivity contribution in [3.05, 3.63) is 28.6 Å². The number of nitrogens with one attached hydrogen (secondary N) is 1. The molecule has 10 heteroatoms. The molecule has 2 aromatic heterocycles. The average molecular weight is 320 g/mol.